The average molecular weight is 297 g/mol. The Balaban J connectivity index is 2.36. The van der Waals surface area contributed by atoms with E-state index < -0.39 is 0 Å². The van der Waals surface area contributed by atoms with Crippen molar-refractivity contribution in [3.63, 3.8) is 0 Å². The number of benzene rings is 1. The zero-order valence-corrected chi connectivity index (χ0v) is 15.3. The van der Waals surface area contributed by atoms with E-state index in [-0.39, 0.29) is 0 Å². The van der Waals surface area contributed by atoms with Gasteiger partial charge in [0, 0.05) is 12.1 Å². The molecule has 120 valence electrons. The quantitative estimate of drug-likeness (QED) is 0.810. The van der Waals surface area contributed by atoms with E-state index in [0.717, 1.165) is 12.8 Å². The van der Waals surface area contributed by atoms with Crippen molar-refractivity contribution in [2.75, 3.05) is 0 Å². The summed E-state index contributed by atoms with van der Waals surface area (Å²) < 4.78 is 0. The highest BCUT2D eigenvalue weighted by Gasteiger charge is 2.24. The Labute approximate surface area is 136 Å². The van der Waals surface area contributed by atoms with E-state index in [2.05, 4.69) is 72.0 Å². The van der Waals surface area contributed by atoms with Crippen LogP contribution in [0.4, 0.5) is 0 Å². The number of hydrogen-bond acceptors (Lipinski definition) is 1. The summed E-state index contributed by atoms with van der Waals surface area (Å²) in [5.41, 5.74) is 10.2. The highest BCUT2D eigenvalue weighted by Crippen LogP contribution is 2.27. The first kappa shape index (κ1) is 17.0. The molecule has 0 aromatic heterocycles. The summed E-state index contributed by atoms with van der Waals surface area (Å²) in [5, 5.41) is 3.81. The summed E-state index contributed by atoms with van der Waals surface area (Å²) in [6.07, 6.45) is 4.60. The summed E-state index contributed by atoms with van der Waals surface area (Å²) >= 11 is 0. The monoisotopic (exact) mass is 297 g/mol. The van der Waals surface area contributed by atoms with Crippen LogP contribution in [0.3, 0.4) is 0 Å². The van der Waals surface area contributed by atoms with E-state index >= 15 is 0 Å². The fourth-order valence-corrected chi connectivity index (χ4v) is 3.52. The van der Waals surface area contributed by atoms with Gasteiger partial charge in [-0.3, -0.25) is 0 Å². The van der Waals surface area contributed by atoms with Crippen molar-refractivity contribution < 1.29 is 0 Å². The average Bonchev–Trinajstić information content (AvgIpc) is 2.43. The maximum atomic E-state index is 3.81. The molecule has 1 N–H and O–H groups in total. The van der Waals surface area contributed by atoms with Crippen molar-refractivity contribution in [1.82, 2.24) is 5.32 Å². The Hall–Kier alpha value is -1.34. The van der Waals surface area contributed by atoms with Gasteiger partial charge in [-0.15, -0.1) is 0 Å². The molecule has 0 saturated carbocycles. The third-order valence-electron chi connectivity index (χ3n) is 5.00. The highest BCUT2D eigenvalue weighted by atomic mass is 15.0. The Morgan fingerprint density at radius 1 is 1.14 bits per heavy atom. The van der Waals surface area contributed by atoms with Crippen molar-refractivity contribution in [2.24, 2.45) is 0 Å². The molecule has 2 rings (SSSR count). The van der Waals surface area contributed by atoms with Crippen LogP contribution >= 0.6 is 0 Å². The van der Waals surface area contributed by atoms with Crippen molar-refractivity contribution in [1.29, 1.82) is 0 Å². The zero-order chi connectivity index (χ0) is 16.4. The van der Waals surface area contributed by atoms with E-state index in [0.29, 0.717) is 12.1 Å². The minimum atomic E-state index is 0.430. The lowest BCUT2D eigenvalue weighted by Crippen LogP contribution is -2.43. The van der Waals surface area contributed by atoms with Crippen molar-refractivity contribution >= 4 is 0 Å². The summed E-state index contributed by atoms with van der Waals surface area (Å²) in [7, 11) is 0. The SMILES string of the molecule is CC(C)=CC1=C(C)CC(C)NC1Cc1ccc(C)c(C)c1C. The van der Waals surface area contributed by atoms with E-state index in [1.807, 2.05) is 0 Å². The van der Waals surface area contributed by atoms with E-state index in [9.17, 15) is 0 Å². The molecule has 0 fully saturated rings. The fourth-order valence-electron chi connectivity index (χ4n) is 3.52. The second-order valence-electron chi connectivity index (χ2n) is 7.28. The van der Waals surface area contributed by atoms with Gasteiger partial charge in [0.25, 0.3) is 0 Å². The minimum absolute atomic E-state index is 0.430. The molecule has 0 amide bonds. The lowest BCUT2D eigenvalue weighted by atomic mass is 9.85. The molecule has 2 unspecified atom stereocenters. The zero-order valence-electron chi connectivity index (χ0n) is 15.3. The maximum absolute atomic E-state index is 3.81. The smallest absolute Gasteiger partial charge is 0.0362 e. The van der Waals surface area contributed by atoms with Crippen LogP contribution in [0.2, 0.25) is 0 Å². The minimum Gasteiger partial charge on any atom is -0.307 e. The first-order valence-corrected chi connectivity index (χ1v) is 8.46. The molecule has 0 aliphatic carbocycles. The molecule has 1 heterocycles. The summed E-state index contributed by atoms with van der Waals surface area (Å²) in [6.45, 7) is 15.7. The molecular weight excluding hydrogens is 266 g/mol. The highest BCUT2D eigenvalue weighted by molar-refractivity contribution is 5.42. The van der Waals surface area contributed by atoms with Crippen LogP contribution in [0.1, 0.15) is 56.4 Å². The van der Waals surface area contributed by atoms with Crippen molar-refractivity contribution in [3.05, 3.63) is 57.2 Å². The Bertz CT molecular complexity index is 615. The van der Waals surface area contributed by atoms with Gasteiger partial charge in [0.1, 0.15) is 0 Å². The Morgan fingerprint density at radius 3 is 2.45 bits per heavy atom. The number of hydrogen-bond donors (Lipinski definition) is 1. The van der Waals surface area contributed by atoms with Crippen LogP contribution in [0.25, 0.3) is 0 Å². The molecule has 1 aromatic rings. The van der Waals surface area contributed by atoms with Gasteiger partial charge in [-0.1, -0.05) is 29.4 Å². The van der Waals surface area contributed by atoms with Crippen LogP contribution in [-0.2, 0) is 6.42 Å². The topological polar surface area (TPSA) is 12.0 Å². The van der Waals surface area contributed by atoms with Gasteiger partial charge in [-0.2, -0.15) is 0 Å². The first-order chi connectivity index (χ1) is 10.3. The molecular formula is C21H31N. The van der Waals surface area contributed by atoms with Crippen LogP contribution in [0.5, 0.6) is 0 Å². The normalized spacial score (nSPS) is 22.0. The maximum Gasteiger partial charge on any atom is 0.0362 e. The van der Waals surface area contributed by atoms with Gasteiger partial charge < -0.3 is 5.32 Å². The van der Waals surface area contributed by atoms with E-state index in [1.54, 1.807) is 5.57 Å². The van der Waals surface area contributed by atoms with E-state index in [1.165, 1.54) is 33.4 Å². The summed E-state index contributed by atoms with van der Waals surface area (Å²) in [4.78, 5) is 0. The molecule has 22 heavy (non-hydrogen) atoms. The molecule has 1 heteroatoms. The molecule has 0 saturated heterocycles. The molecule has 1 nitrogen and oxygen atoms in total. The second kappa shape index (κ2) is 6.83. The third-order valence-corrected chi connectivity index (χ3v) is 5.00. The predicted octanol–water partition coefficient (Wildman–Crippen LogP) is 5.19. The van der Waals surface area contributed by atoms with Gasteiger partial charge in [0.15, 0.2) is 0 Å². The van der Waals surface area contributed by atoms with Crippen molar-refractivity contribution in [3.8, 4) is 0 Å². The van der Waals surface area contributed by atoms with Crippen LogP contribution in [0.15, 0.2) is 34.9 Å². The van der Waals surface area contributed by atoms with Crippen LogP contribution in [0, 0.1) is 20.8 Å². The lowest BCUT2D eigenvalue weighted by Gasteiger charge is -2.32. The summed E-state index contributed by atoms with van der Waals surface area (Å²) in [5.74, 6) is 0. The molecule has 1 aromatic carbocycles. The molecule has 0 bridgehead atoms. The lowest BCUT2D eigenvalue weighted by molar-refractivity contribution is 0.449. The Kier molecular flexibility index (Phi) is 5.28. The number of aryl methyl sites for hydroxylation is 1. The number of nitrogens with one attached hydrogen (secondary N) is 1. The van der Waals surface area contributed by atoms with Crippen LogP contribution in [-0.4, -0.2) is 12.1 Å². The molecule has 0 spiro atoms. The van der Waals surface area contributed by atoms with Crippen LogP contribution < -0.4 is 5.32 Å². The van der Waals surface area contributed by atoms with Gasteiger partial charge in [0.05, 0.1) is 0 Å². The summed E-state index contributed by atoms with van der Waals surface area (Å²) in [6, 6.07) is 5.57. The largest absolute Gasteiger partial charge is 0.307 e. The molecule has 1 aliphatic rings. The van der Waals surface area contributed by atoms with Gasteiger partial charge >= 0.3 is 0 Å². The Morgan fingerprint density at radius 2 is 1.82 bits per heavy atom. The molecule has 0 radical (unpaired) electrons. The molecule has 1 aliphatic heterocycles. The predicted molar refractivity (Wildman–Crippen MR) is 97.5 cm³/mol. The van der Waals surface area contributed by atoms with Gasteiger partial charge in [0.2, 0.25) is 0 Å². The van der Waals surface area contributed by atoms with E-state index in [4.69, 9.17) is 0 Å². The number of rotatable bonds is 3. The third kappa shape index (κ3) is 3.70. The number of allylic oxidation sites excluding steroid dienone is 1. The van der Waals surface area contributed by atoms with Gasteiger partial charge in [-0.05, 0) is 89.1 Å². The standard InChI is InChI=1S/C21H31N/c1-13(2)10-20-15(4)11-16(5)22-21(20)12-19-9-8-14(3)17(6)18(19)7/h8-10,16,21-22H,11-12H2,1-7H3. The molecule has 2 atom stereocenters. The first-order valence-electron chi connectivity index (χ1n) is 8.46. The van der Waals surface area contributed by atoms with Gasteiger partial charge in [-0.25, -0.2) is 0 Å². The van der Waals surface area contributed by atoms with Crippen molar-refractivity contribution in [2.45, 2.75) is 73.4 Å². The fraction of sp³-hybridized carbons (Fsp3) is 0.524. The second-order valence-corrected chi connectivity index (χ2v) is 7.28.